The topological polar surface area (TPSA) is 33.3 Å². The van der Waals surface area contributed by atoms with Crippen molar-refractivity contribution in [3.8, 4) is 0 Å². The van der Waals surface area contributed by atoms with Crippen LogP contribution in [-0.4, -0.2) is 39.9 Å². The van der Waals surface area contributed by atoms with Crippen molar-refractivity contribution >= 4 is 0 Å². The average molecular weight is 172 g/mol. The second-order valence-electron chi connectivity index (χ2n) is 3.39. The van der Waals surface area contributed by atoms with E-state index in [-0.39, 0.29) is 0 Å². The number of nitrogens with one attached hydrogen (secondary N) is 2. The molecule has 0 amide bonds. The van der Waals surface area contributed by atoms with Crippen molar-refractivity contribution in [1.29, 1.82) is 0 Å². The minimum absolute atomic E-state index is 0.808. The second-order valence-corrected chi connectivity index (χ2v) is 3.39. The summed E-state index contributed by atoms with van der Waals surface area (Å²) in [6.07, 6.45) is 2.87. The zero-order chi connectivity index (χ0) is 8.65. The molecule has 0 saturated heterocycles. The Labute approximate surface area is 74.9 Å². The molecule has 3 nitrogen and oxygen atoms in total. The van der Waals surface area contributed by atoms with Gasteiger partial charge in [-0.1, -0.05) is 0 Å². The van der Waals surface area contributed by atoms with Gasteiger partial charge in [0.25, 0.3) is 0 Å². The van der Waals surface area contributed by atoms with Crippen LogP contribution in [0.1, 0.15) is 12.8 Å². The molecule has 0 aromatic rings. The molecular weight excluding hydrogens is 152 g/mol. The highest BCUT2D eigenvalue weighted by Crippen LogP contribution is 2.27. The summed E-state index contributed by atoms with van der Waals surface area (Å²) in [5, 5.41) is 6.71. The van der Waals surface area contributed by atoms with Gasteiger partial charge in [0, 0.05) is 26.7 Å². The molecule has 0 aliphatic heterocycles. The Balaban J connectivity index is 1.65. The molecule has 1 aliphatic rings. The first kappa shape index (κ1) is 9.96. The molecule has 0 atom stereocenters. The van der Waals surface area contributed by atoms with Gasteiger partial charge in [-0.2, -0.15) is 0 Å². The maximum absolute atomic E-state index is 4.91. The van der Waals surface area contributed by atoms with Crippen molar-refractivity contribution < 1.29 is 4.74 Å². The van der Waals surface area contributed by atoms with E-state index in [2.05, 4.69) is 10.6 Å². The second kappa shape index (κ2) is 6.40. The van der Waals surface area contributed by atoms with Crippen LogP contribution in [0.2, 0.25) is 0 Å². The van der Waals surface area contributed by atoms with Crippen LogP contribution in [0.25, 0.3) is 0 Å². The fourth-order valence-corrected chi connectivity index (χ4v) is 1.10. The Morgan fingerprint density at radius 2 is 1.92 bits per heavy atom. The Hall–Kier alpha value is -0.120. The van der Waals surface area contributed by atoms with Gasteiger partial charge in [0.1, 0.15) is 0 Å². The van der Waals surface area contributed by atoms with Crippen LogP contribution in [0.4, 0.5) is 0 Å². The summed E-state index contributed by atoms with van der Waals surface area (Å²) in [4.78, 5) is 0. The van der Waals surface area contributed by atoms with Gasteiger partial charge in [0.05, 0.1) is 6.61 Å². The van der Waals surface area contributed by atoms with E-state index in [1.165, 1.54) is 19.4 Å². The van der Waals surface area contributed by atoms with Crippen molar-refractivity contribution in [2.75, 3.05) is 39.9 Å². The third-order valence-electron chi connectivity index (χ3n) is 2.09. The van der Waals surface area contributed by atoms with Crippen LogP contribution in [0.15, 0.2) is 0 Å². The van der Waals surface area contributed by atoms with E-state index in [9.17, 15) is 0 Å². The lowest BCUT2D eigenvalue weighted by atomic mass is 10.4. The molecule has 0 bridgehead atoms. The zero-order valence-electron chi connectivity index (χ0n) is 7.94. The van der Waals surface area contributed by atoms with Crippen molar-refractivity contribution in [2.45, 2.75) is 12.8 Å². The standard InChI is InChI=1S/C9H20N2O/c1-12-7-6-10-4-5-11-8-9-2-3-9/h9-11H,2-8H2,1H3. The Bertz CT molecular complexity index is 105. The number of rotatable bonds is 8. The summed E-state index contributed by atoms with van der Waals surface area (Å²) in [5.41, 5.74) is 0. The van der Waals surface area contributed by atoms with Gasteiger partial charge in [0.15, 0.2) is 0 Å². The van der Waals surface area contributed by atoms with Crippen molar-refractivity contribution in [1.82, 2.24) is 10.6 Å². The van der Waals surface area contributed by atoms with E-state index in [1.807, 2.05) is 0 Å². The Morgan fingerprint density at radius 3 is 2.58 bits per heavy atom. The van der Waals surface area contributed by atoms with Gasteiger partial charge in [-0.15, -0.1) is 0 Å². The predicted octanol–water partition coefficient (Wildman–Crippen LogP) is 0.222. The Kier molecular flexibility index (Phi) is 5.32. The molecule has 1 aliphatic carbocycles. The number of hydrogen-bond donors (Lipinski definition) is 2. The lowest BCUT2D eigenvalue weighted by Gasteiger charge is -2.04. The molecule has 3 heteroatoms. The molecule has 0 aromatic carbocycles. The van der Waals surface area contributed by atoms with Gasteiger partial charge in [0.2, 0.25) is 0 Å². The third-order valence-corrected chi connectivity index (χ3v) is 2.09. The molecule has 1 fully saturated rings. The summed E-state index contributed by atoms with van der Waals surface area (Å²) in [7, 11) is 1.73. The molecule has 1 rings (SSSR count). The SMILES string of the molecule is COCCNCCNCC1CC1. The monoisotopic (exact) mass is 172 g/mol. The first-order chi connectivity index (χ1) is 5.93. The van der Waals surface area contributed by atoms with E-state index in [0.29, 0.717) is 0 Å². The molecule has 0 radical (unpaired) electrons. The highest BCUT2D eigenvalue weighted by molar-refractivity contribution is 4.75. The van der Waals surface area contributed by atoms with E-state index >= 15 is 0 Å². The summed E-state index contributed by atoms with van der Waals surface area (Å²) in [5.74, 6) is 0.990. The third kappa shape index (κ3) is 5.52. The summed E-state index contributed by atoms with van der Waals surface area (Å²) < 4.78 is 4.91. The molecular formula is C9H20N2O. The molecule has 0 aromatic heterocycles. The summed E-state index contributed by atoms with van der Waals surface area (Å²) >= 11 is 0. The number of methoxy groups -OCH3 is 1. The first-order valence-electron chi connectivity index (χ1n) is 4.84. The Morgan fingerprint density at radius 1 is 1.17 bits per heavy atom. The average Bonchev–Trinajstić information content (AvgIpc) is 2.87. The van der Waals surface area contributed by atoms with Gasteiger partial charge >= 0.3 is 0 Å². The van der Waals surface area contributed by atoms with Crippen LogP contribution in [0, 0.1) is 5.92 Å². The lowest BCUT2D eigenvalue weighted by Crippen LogP contribution is -2.30. The predicted molar refractivity (Wildman–Crippen MR) is 50.3 cm³/mol. The number of hydrogen-bond acceptors (Lipinski definition) is 3. The minimum atomic E-state index is 0.808. The minimum Gasteiger partial charge on any atom is -0.383 e. The highest BCUT2D eigenvalue weighted by Gasteiger charge is 2.19. The van der Waals surface area contributed by atoms with E-state index in [4.69, 9.17) is 4.74 Å². The maximum atomic E-state index is 4.91. The number of ether oxygens (including phenoxy) is 1. The van der Waals surface area contributed by atoms with E-state index < -0.39 is 0 Å². The fraction of sp³-hybridized carbons (Fsp3) is 1.00. The van der Waals surface area contributed by atoms with Gasteiger partial charge < -0.3 is 15.4 Å². The van der Waals surface area contributed by atoms with Crippen LogP contribution in [0.5, 0.6) is 0 Å². The van der Waals surface area contributed by atoms with Crippen LogP contribution in [-0.2, 0) is 4.74 Å². The zero-order valence-corrected chi connectivity index (χ0v) is 7.94. The molecule has 12 heavy (non-hydrogen) atoms. The van der Waals surface area contributed by atoms with Crippen LogP contribution >= 0.6 is 0 Å². The molecule has 0 heterocycles. The van der Waals surface area contributed by atoms with Crippen molar-refractivity contribution in [3.05, 3.63) is 0 Å². The largest absolute Gasteiger partial charge is 0.383 e. The van der Waals surface area contributed by atoms with Gasteiger partial charge in [-0.3, -0.25) is 0 Å². The summed E-state index contributed by atoms with van der Waals surface area (Å²) in [6, 6.07) is 0. The van der Waals surface area contributed by atoms with Crippen molar-refractivity contribution in [2.24, 2.45) is 5.92 Å². The normalized spacial score (nSPS) is 16.8. The smallest absolute Gasteiger partial charge is 0.0587 e. The maximum Gasteiger partial charge on any atom is 0.0587 e. The molecule has 1 saturated carbocycles. The molecule has 2 N–H and O–H groups in total. The first-order valence-corrected chi connectivity index (χ1v) is 4.84. The van der Waals surface area contributed by atoms with Crippen molar-refractivity contribution in [3.63, 3.8) is 0 Å². The van der Waals surface area contributed by atoms with Crippen LogP contribution < -0.4 is 10.6 Å². The van der Waals surface area contributed by atoms with E-state index in [1.54, 1.807) is 7.11 Å². The van der Waals surface area contributed by atoms with Gasteiger partial charge in [-0.05, 0) is 25.3 Å². The summed E-state index contributed by atoms with van der Waals surface area (Å²) in [6.45, 7) is 5.12. The quantitative estimate of drug-likeness (QED) is 0.514. The highest BCUT2D eigenvalue weighted by atomic mass is 16.5. The lowest BCUT2D eigenvalue weighted by molar-refractivity contribution is 0.199. The van der Waals surface area contributed by atoms with Crippen LogP contribution in [0.3, 0.4) is 0 Å². The van der Waals surface area contributed by atoms with Gasteiger partial charge in [-0.25, -0.2) is 0 Å². The van der Waals surface area contributed by atoms with E-state index in [0.717, 1.165) is 32.2 Å². The molecule has 0 spiro atoms. The fourth-order valence-electron chi connectivity index (χ4n) is 1.10. The molecule has 0 unspecified atom stereocenters. The molecule has 72 valence electrons.